The molecule has 3 heterocycles. The average Bonchev–Trinajstić information content (AvgIpc) is 2.83. The fourth-order valence-corrected chi connectivity index (χ4v) is 4.13. The van der Waals surface area contributed by atoms with Gasteiger partial charge in [-0.25, -0.2) is 18.0 Å². The molecule has 6 nitrogen and oxygen atoms in total. The van der Waals surface area contributed by atoms with Crippen molar-refractivity contribution in [3.8, 4) is 0 Å². The predicted molar refractivity (Wildman–Crippen MR) is 133 cm³/mol. The Morgan fingerprint density at radius 1 is 1.17 bits per heavy atom. The Balaban J connectivity index is 1.57. The van der Waals surface area contributed by atoms with Gasteiger partial charge in [0.05, 0.1) is 29.0 Å². The summed E-state index contributed by atoms with van der Waals surface area (Å²) < 4.78 is 46.5. The van der Waals surface area contributed by atoms with E-state index in [-0.39, 0.29) is 11.7 Å². The second kappa shape index (κ2) is 10.2. The lowest BCUT2D eigenvalue weighted by Crippen LogP contribution is -2.39. The molecule has 1 amide bonds. The van der Waals surface area contributed by atoms with Gasteiger partial charge in [0, 0.05) is 35.9 Å². The lowest BCUT2D eigenvalue weighted by molar-refractivity contribution is 0.0270. The summed E-state index contributed by atoms with van der Waals surface area (Å²) in [5, 5.41) is 4.01. The van der Waals surface area contributed by atoms with Crippen molar-refractivity contribution in [2.24, 2.45) is 0 Å². The highest BCUT2D eigenvalue weighted by Crippen LogP contribution is 2.32. The number of anilines is 1. The summed E-state index contributed by atoms with van der Waals surface area (Å²) in [6, 6.07) is 7.12. The summed E-state index contributed by atoms with van der Waals surface area (Å²) in [7, 11) is 0. The molecule has 0 fully saturated rings. The number of ether oxygens (including phenoxy) is 1. The minimum absolute atomic E-state index is 0.157. The number of fused-ring (bicyclic) bond motifs is 1. The van der Waals surface area contributed by atoms with Gasteiger partial charge in [-0.3, -0.25) is 9.97 Å². The van der Waals surface area contributed by atoms with Gasteiger partial charge < -0.3 is 15.0 Å². The van der Waals surface area contributed by atoms with E-state index in [1.54, 1.807) is 30.3 Å². The summed E-state index contributed by atoms with van der Waals surface area (Å²) in [4.78, 5) is 22.9. The molecule has 1 aliphatic heterocycles. The molecule has 0 unspecified atom stereocenters. The SMILES string of the molecule is C[C@@H](Nc1ccnc2cnc(C3=CCN(C(=O)OC(C)(C)C)CC3)cc12)c1cccc(C(F)F)c1F. The number of amides is 1. The first kappa shape index (κ1) is 25.5. The third-order valence-electron chi connectivity index (χ3n) is 5.95. The van der Waals surface area contributed by atoms with Crippen molar-refractivity contribution in [3.63, 3.8) is 0 Å². The van der Waals surface area contributed by atoms with Crippen LogP contribution in [0.25, 0.3) is 16.5 Å². The van der Waals surface area contributed by atoms with E-state index in [4.69, 9.17) is 4.74 Å². The zero-order chi connectivity index (χ0) is 26.0. The number of rotatable bonds is 5. The Morgan fingerprint density at radius 3 is 2.58 bits per heavy atom. The topological polar surface area (TPSA) is 67.4 Å². The molecular weight excluding hydrogens is 469 g/mol. The third kappa shape index (κ3) is 5.61. The molecule has 1 N–H and O–H groups in total. The molecule has 1 aromatic carbocycles. The van der Waals surface area contributed by atoms with Crippen LogP contribution in [-0.2, 0) is 4.74 Å². The molecule has 0 saturated heterocycles. The van der Waals surface area contributed by atoms with Crippen LogP contribution in [0.15, 0.2) is 48.8 Å². The molecule has 0 saturated carbocycles. The monoisotopic (exact) mass is 498 g/mol. The number of alkyl halides is 2. The number of benzene rings is 1. The van der Waals surface area contributed by atoms with Crippen LogP contribution in [0.1, 0.15) is 63.4 Å². The lowest BCUT2D eigenvalue weighted by atomic mass is 10.0. The van der Waals surface area contributed by atoms with Crippen molar-refractivity contribution in [2.45, 2.75) is 52.2 Å². The molecule has 9 heteroatoms. The molecule has 190 valence electrons. The van der Waals surface area contributed by atoms with E-state index in [1.807, 2.05) is 32.9 Å². The first-order valence-corrected chi connectivity index (χ1v) is 11.8. The maximum atomic E-state index is 14.7. The maximum Gasteiger partial charge on any atom is 0.410 e. The van der Waals surface area contributed by atoms with Gasteiger partial charge in [-0.05, 0) is 51.8 Å². The zero-order valence-electron chi connectivity index (χ0n) is 20.7. The fraction of sp³-hybridized carbons (Fsp3) is 0.370. The molecule has 36 heavy (non-hydrogen) atoms. The number of carbonyl (C=O) groups excluding carboxylic acids is 1. The molecule has 0 spiro atoms. The summed E-state index contributed by atoms with van der Waals surface area (Å²) in [6.07, 6.45) is 2.62. The van der Waals surface area contributed by atoms with Crippen LogP contribution < -0.4 is 5.32 Å². The maximum absolute atomic E-state index is 14.7. The van der Waals surface area contributed by atoms with E-state index in [0.29, 0.717) is 30.7 Å². The second-order valence-electron chi connectivity index (χ2n) is 9.77. The van der Waals surface area contributed by atoms with E-state index < -0.39 is 29.4 Å². The molecule has 1 aliphatic rings. The zero-order valence-corrected chi connectivity index (χ0v) is 20.7. The summed E-state index contributed by atoms with van der Waals surface area (Å²) in [5.41, 5.74) is 2.06. The van der Waals surface area contributed by atoms with Gasteiger partial charge in [-0.2, -0.15) is 0 Å². The minimum atomic E-state index is -2.89. The Kier molecular flexibility index (Phi) is 7.19. The van der Waals surface area contributed by atoms with Crippen molar-refractivity contribution in [2.75, 3.05) is 18.4 Å². The van der Waals surface area contributed by atoms with Crippen LogP contribution in [0.3, 0.4) is 0 Å². The molecule has 0 aliphatic carbocycles. The normalized spacial score (nSPS) is 15.1. The number of nitrogens with one attached hydrogen (secondary N) is 1. The highest BCUT2D eigenvalue weighted by Gasteiger charge is 2.24. The van der Waals surface area contributed by atoms with Crippen molar-refractivity contribution >= 4 is 28.3 Å². The van der Waals surface area contributed by atoms with Gasteiger partial charge >= 0.3 is 6.09 Å². The van der Waals surface area contributed by atoms with Gasteiger partial charge in [0.15, 0.2) is 0 Å². The summed E-state index contributed by atoms with van der Waals surface area (Å²) in [6.45, 7) is 8.14. The largest absolute Gasteiger partial charge is 0.444 e. The number of nitrogens with zero attached hydrogens (tertiary/aromatic N) is 3. The number of aromatic nitrogens is 2. The Labute approximate surface area is 208 Å². The first-order valence-electron chi connectivity index (χ1n) is 11.8. The Bertz CT molecular complexity index is 1300. The highest BCUT2D eigenvalue weighted by molar-refractivity contribution is 5.92. The molecule has 3 aromatic rings. The number of hydrogen-bond acceptors (Lipinski definition) is 5. The van der Waals surface area contributed by atoms with E-state index in [9.17, 15) is 18.0 Å². The van der Waals surface area contributed by atoms with Crippen molar-refractivity contribution in [1.82, 2.24) is 14.9 Å². The lowest BCUT2D eigenvalue weighted by Gasteiger charge is -2.29. The molecule has 2 aromatic heterocycles. The molecular formula is C27H29F3N4O2. The number of hydrogen-bond donors (Lipinski definition) is 1. The van der Waals surface area contributed by atoms with Crippen molar-refractivity contribution < 1.29 is 22.7 Å². The van der Waals surface area contributed by atoms with Gasteiger partial charge in [-0.15, -0.1) is 0 Å². The predicted octanol–water partition coefficient (Wildman–Crippen LogP) is 6.90. The number of halogens is 3. The van der Waals surface area contributed by atoms with Crippen molar-refractivity contribution in [1.29, 1.82) is 0 Å². The van der Waals surface area contributed by atoms with Gasteiger partial charge in [0.25, 0.3) is 6.43 Å². The van der Waals surface area contributed by atoms with Gasteiger partial charge in [-0.1, -0.05) is 24.3 Å². The summed E-state index contributed by atoms with van der Waals surface area (Å²) in [5.74, 6) is -0.907. The van der Waals surface area contributed by atoms with E-state index in [2.05, 4.69) is 15.3 Å². The van der Waals surface area contributed by atoms with Crippen LogP contribution >= 0.6 is 0 Å². The molecule has 0 radical (unpaired) electrons. The first-order chi connectivity index (χ1) is 17.0. The quantitative estimate of drug-likeness (QED) is 0.414. The summed E-state index contributed by atoms with van der Waals surface area (Å²) >= 11 is 0. The second-order valence-corrected chi connectivity index (χ2v) is 9.77. The standard InChI is InChI=1S/C27H29F3N4O2/c1-16(18-6-5-7-19(24(18)28)25(29)30)33-21-8-11-31-23-15-32-22(14-20(21)23)17-9-12-34(13-10-17)26(35)36-27(2,3)4/h5-9,11,14-16,25H,10,12-13H2,1-4H3,(H,31,33)/t16-/m1/s1. The van der Waals surface area contributed by atoms with Crippen LogP contribution in [0.4, 0.5) is 23.7 Å². The highest BCUT2D eigenvalue weighted by atomic mass is 19.3. The molecule has 4 rings (SSSR count). The van der Waals surface area contributed by atoms with Crippen molar-refractivity contribution in [3.05, 3.63) is 71.4 Å². The van der Waals surface area contributed by atoms with Crippen LogP contribution in [0.5, 0.6) is 0 Å². The van der Waals surface area contributed by atoms with E-state index in [1.165, 1.54) is 12.1 Å². The van der Waals surface area contributed by atoms with Gasteiger partial charge in [0.1, 0.15) is 11.4 Å². The van der Waals surface area contributed by atoms with Crippen LogP contribution in [0.2, 0.25) is 0 Å². The van der Waals surface area contributed by atoms with Crippen LogP contribution in [-0.4, -0.2) is 39.7 Å². The minimum Gasteiger partial charge on any atom is -0.444 e. The van der Waals surface area contributed by atoms with E-state index >= 15 is 0 Å². The number of carbonyl (C=O) groups is 1. The average molecular weight is 499 g/mol. The van der Waals surface area contributed by atoms with Crippen LogP contribution in [0, 0.1) is 5.82 Å². The smallest absolute Gasteiger partial charge is 0.410 e. The third-order valence-corrected chi connectivity index (χ3v) is 5.95. The van der Waals surface area contributed by atoms with Gasteiger partial charge in [0.2, 0.25) is 0 Å². The van der Waals surface area contributed by atoms with E-state index in [0.717, 1.165) is 22.7 Å². The molecule has 1 atom stereocenters. The Hall–Kier alpha value is -3.62. The Morgan fingerprint density at radius 2 is 1.92 bits per heavy atom. The molecule has 0 bridgehead atoms. The number of pyridine rings is 2. The fourth-order valence-electron chi connectivity index (χ4n) is 4.13.